The van der Waals surface area contributed by atoms with Crippen molar-refractivity contribution in [2.45, 2.75) is 25.2 Å². The molecule has 0 saturated carbocycles. The van der Waals surface area contributed by atoms with E-state index in [9.17, 15) is 13.2 Å². The third kappa shape index (κ3) is 3.68. The number of nitrogens with two attached hydrogens (primary N) is 1. The number of carbonyl (C=O) groups is 1. The number of sulfonamides is 1. The molecule has 6 nitrogen and oxygen atoms in total. The van der Waals surface area contributed by atoms with Gasteiger partial charge in [0.1, 0.15) is 0 Å². The van der Waals surface area contributed by atoms with Gasteiger partial charge in [0.05, 0.1) is 18.4 Å². The maximum absolute atomic E-state index is 12.2. The number of hydrogen-bond acceptors (Lipinski definition) is 5. The van der Waals surface area contributed by atoms with Crippen LogP contribution >= 0.6 is 0 Å². The van der Waals surface area contributed by atoms with Crippen LogP contribution in [-0.2, 0) is 19.6 Å². The molecule has 0 aliphatic heterocycles. The lowest BCUT2D eigenvalue weighted by Crippen LogP contribution is -2.28. The van der Waals surface area contributed by atoms with Crippen LogP contribution in [0, 0.1) is 13.8 Å². The highest BCUT2D eigenvalue weighted by Gasteiger charge is 2.20. The van der Waals surface area contributed by atoms with E-state index >= 15 is 0 Å². The molecule has 0 amide bonds. The average molecular weight is 286 g/mol. The zero-order valence-electron chi connectivity index (χ0n) is 11.2. The molecule has 0 aromatic heterocycles. The Labute approximate surface area is 113 Å². The first-order chi connectivity index (χ1) is 8.79. The molecule has 0 fully saturated rings. The van der Waals surface area contributed by atoms with Crippen LogP contribution in [0.4, 0.5) is 5.69 Å². The summed E-state index contributed by atoms with van der Waals surface area (Å²) in [7, 11) is -2.43. The van der Waals surface area contributed by atoms with Crippen molar-refractivity contribution in [2.24, 2.45) is 0 Å². The molecule has 1 aromatic rings. The van der Waals surface area contributed by atoms with Gasteiger partial charge in [-0.05, 0) is 31.0 Å². The number of anilines is 1. The summed E-state index contributed by atoms with van der Waals surface area (Å²) in [5.41, 5.74) is 7.25. The molecule has 1 rings (SSSR count). The molecular formula is C12H18N2O4S. The number of methoxy groups -OCH3 is 1. The van der Waals surface area contributed by atoms with Gasteiger partial charge in [-0.1, -0.05) is 6.07 Å². The molecule has 0 spiro atoms. The van der Waals surface area contributed by atoms with E-state index in [0.29, 0.717) is 16.8 Å². The Morgan fingerprint density at radius 1 is 1.37 bits per heavy atom. The highest BCUT2D eigenvalue weighted by Crippen LogP contribution is 2.24. The molecule has 0 unspecified atom stereocenters. The summed E-state index contributed by atoms with van der Waals surface area (Å²) in [4.78, 5) is 11.1. The van der Waals surface area contributed by atoms with E-state index in [0.717, 1.165) is 0 Å². The van der Waals surface area contributed by atoms with E-state index in [1.807, 2.05) is 0 Å². The van der Waals surface area contributed by atoms with Gasteiger partial charge in [-0.25, -0.2) is 13.1 Å². The summed E-state index contributed by atoms with van der Waals surface area (Å²) in [6.45, 7) is 3.33. The van der Waals surface area contributed by atoms with Crippen LogP contribution in [0.15, 0.2) is 17.0 Å². The van der Waals surface area contributed by atoms with Crippen LogP contribution < -0.4 is 10.5 Å². The van der Waals surface area contributed by atoms with Crippen LogP contribution in [0.1, 0.15) is 17.5 Å². The maximum Gasteiger partial charge on any atom is 0.306 e. The summed E-state index contributed by atoms with van der Waals surface area (Å²) in [5, 5.41) is 0. The summed E-state index contributed by atoms with van der Waals surface area (Å²) in [5.74, 6) is -0.469. The normalized spacial score (nSPS) is 11.3. The molecule has 0 heterocycles. The molecule has 3 N–H and O–H groups in total. The lowest BCUT2D eigenvalue weighted by atomic mass is 10.1. The van der Waals surface area contributed by atoms with Crippen molar-refractivity contribution in [1.82, 2.24) is 4.72 Å². The van der Waals surface area contributed by atoms with Crippen molar-refractivity contribution in [3.05, 3.63) is 23.3 Å². The second kappa shape index (κ2) is 6.03. The number of aryl methyl sites for hydroxylation is 1. The van der Waals surface area contributed by atoms with Crippen LogP contribution in [0.3, 0.4) is 0 Å². The SMILES string of the molecule is COC(=O)CCNS(=O)(=O)c1c(C)ccc(N)c1C. The van der Waals surface area contributed by atoms with Gasteiger partial charge in [-0.3, -0.25) is 4.79 Å². The van der Waals surface area contributed by atoms with Gasteiger partial charge in [0.15, 0.2) is 0 Å². The number of benzene rings is 1. The highest BCUT2D eigenvalue weighted by atomic mass is 32.2. The average Bonchev–Trinajstić information content (AvgIpc) is 2.33. The molecule has 0 saturated heterocycles. The number of ether oxygens (including phenoxy) is 1. The molecule has 7 heteroatoms. The second-order valence-electron chi connectivity index (χ2n) is 4.15. The lowest BCUT2D eigenvalue weighted by Gasteiger charge is -2.13. The van der Waals surface area contributed by atoms with E-state index in [-0.39, 0.29) is 17.9 Å². The monoisotopic (exact) mass is 286 g/mol. The molecule has 19 heavy (non-hydrogen) atoms. The van der Waals surface area contributed by atoms with Gasteiger partial charge in [0.2, 0.25) is 10.0 Å². The van der Waals surface area contributed by atoms with E-state index in [1.165, 1.54) is 7.11 Å². The minimum atomic E-state index is -3.69. The Morgan fingerprint density at radius 2 is 2.00 bits per heavy atom. The van der Waals surface area contributed by atoms with E-state index in [2.05, 4.69) is 9.46 Å². The Balaban J connectivity index is 2.95. The number of nitrogen functional groups attached to an aromatic ring is 1. The van der Waals surface area contributed by atoms with Crippen molar-refractivity contribution < 1.29 is 17.9 Å². The van der Waals surface area contributed by atoms with Crippen molar-refractivity contribution in [3.8, 4) is 0 Å². The minimum Gasteiger partial charge on any atom is -0.469 e. The molecule has 0 bridgehead atoms. The summed E-state index contributed by atoms with van der Waals surface area (Å²) >= 11 is 0. The fourth-order valence-corrected chi connectivity index (χ4v) is 3.25. The molecule has 0 aliphatic carbocycles. The fourth-order valence-electron chi connectivity index (χ4n) is 1.72. The minimum absolute atomic E-state index is 0.0112. The Bertz CT molecular complexity index is 582. The van der Waals surface area contributed by atoms with Crippen molar-refractivity contribution in [1.29, 1.82) is 0 Å². The topological polar surface area (TPSA) is 98.5 Å². The Kier molecular flexibility index (Phi) is 4.90. The summed E-state index contributed by atoms with van der Waals surface area (Å²) in [6.07, 6.45) is -0.0177. The van der Waals surface area contributed by atoms with Crippen molar-refractivity contribution in [3.63, 3.8) is 0 Å². The van der Waals surface area contributed by atoms with Gasteiger partial charge in [0, 0.05) is 12.2 Å². The zero-order valence-corrected chi connectivity index (χ0v) is 12.0. The highest BCUT2D eigenvalue weighted by molar-refractivity contribution is 7.89. The number of rotatable bonds is 5. The molecule has 0 radical (unpaired) electrons. The predicted molar refractivity (Wildman–Crippen MR) is 72.1 cm³/mol. The summed E-state index contributed by atoms with van der Waals surface area (Å²) in [6, 6.07) is 3.31. The Hall–Kier alpha value is -1.60. The molecule has 1 aromatic carbocycles. The first-order valence-electron chi connectivity index (χ1n) is 5.71. The molecule has 0 atom stereocenters. The predicted octanol–water partition coefficient (Wildman–Crippen LogP) is 0.727. The lowest BCUT2D eigenvalue weighted by molar-refractivity contribution is -0.140. The first kappa shape index (κ1) is 15.5. The number of carbonyl (C=O) groups excluding carboxylic acids is 1. The first-order valence-corrected chi connectivity index (χ1v) is 7.20. The van der Waals surface area contributed by atoms with E-state index < -0.39 is 16.0 Å². The van der Waals surface area contributed by atoms with E-state index in [1.54, 1.807) is 26.0 Å². The quantitative estimate of drug-likeness (QED) is 0.614. The third-order valence-corrected chi connectivity index (χ3v) is 4.51. The largest absolute Gasteiger partial charge is 0.469 e. The Morgan fingerprint density at radius 3 is 2.58 bits per heavy atom. The van der Waals surface area contributed by atoms with Gasteiger partial charge in [0.25, 0.3) is 0 Å². The van der Waals surface area contributed by atoms with Crippen molar-refractivity contribution in [2.75, 3.05) is 19.4 Å². The van der Waals surface area contributed by atoms with Crippen LogP contribution in [0.5, 0.6) is 0 Å². The molecule has 0 aliphatic rings. The van der Waals surface area contributed by atoms with Gasteiger partial charge in [-0.15, -0.1) is 0 Å². The standard InChI is InChI=1S/C12H18N2O4S/c1-8-4-5-10(13)9(2)12(8)19(16,17)14-7-6-11(15)18-3/h4-5,14H,6-7,13H2,1-3H3. The fraction of sp³-hybridized carbons (Fsp3) is 0.417. The second-order valence-corrected chi connectivity index (χ2v) is 5.85. The van der Waals surface area contributed by atoms with Crippen molar-refractivity contribution >= 4 is 21.7 Å². The molecular weight excluding hydrogens is 268 g/mol. The van der Waals surface area contributed by atoms with Crippen LogP contribution in [0.25, 0.3) is 0 Å². The number of esters is 1. The smallest absolute Gasteiger partial charge is 0.306 e. The van der Waals surface area contributed by atoms with E-state index in [4.69, 9.17) is 5.73 Å². The number of hydrogen-bond donors (Lipinski definition) is 2. The maximum atomic E-state index is 12.2. The van der Waals surface area contributed by atoms with Crippen LogP contribution in [-0.4, -0.2) is 28.0 Å². The third-order valence-electron chi connectivity index (χ3n) is 2.76. The van der Waals surface area contributed by atoms with Gasteiger partial charge >= 0.3 is 5.97 Å². The zero-order chi connectivity index (χ0) is 14.6. The van der Waals surface area contributed by atoms with Gasteiger partial charge in [-0.2, -0.15) is 0 Å². The summed E-state index contributed by atoms with van der Waals surface area (Å²) < 4.78 is 31.2. The number of nitrogens with one attached hydrogen (secondary N) is 1. The molecule has 106 valence electrons. The van der Waals surface area contributed by atoms with Gasteiger partial charge < -0.3 is 10.5 Å². The van der Waals surface area contributed by atoms with Crippen LogP contribution in [0.2, 0.25) is 0 Å².